The third-order valence-corrected chi connectivity index (χ3v) is 3.82. The van der Waals surface area contributed by atoms with Crippen LogP contribution < -0.4 is 4.90 Å². The summed E-state index contributed by atoms with van der Waals surface area (Å²) in [5.41, 5.74) is 2.75. The fraction of sp³-hybridized carbons (Fsp3) is 0.438. The number of nitriles is 1. The monoisotopic (exact) mass is 297 g/mol. The van der Waals surface area contributed by atoms with Crippen molar-refractivity contribution in [3.63, 3.8) is 0 Å². The van der Waals surface area contributed by atoms with Crippen LogP contribution in [0.3, 0.4) is 0 Å². The van der Waals surface area contributed by atoms with Crippen molar-refractivity contribution >= 4 is 5.82 Å². The van der Waals surface area contributed by atoms with Crippen LogP contribution in [0.1, 0.15) is 17.0 Å². The largest absolute Gasteiger partial charge is 0.373 e. The quantitative estimate of drug-likeness (QED) is 0.862. The maximum absolute atomic E-state index is 8.84. The summed E-state index contributed by atoms with van der Waals surface area (Å²) >= 11 is 0. The van der Waals surface area contributed by atoms with E-state index in [0.717, 1.165) is 36.8 Å². The SMILES string of the molecule is Cc1cc(C)n(C[C@@H]2CN(c3ccc(C#N)cn3)CCO2)n1. The van der Waals surface area contributed by atoms with Crippen molar-refractivity contribution in [2.24, 2.45) is 0 Å². The number of anilines is 1. The standard InChI is InChI=1S/C16H19N5O/c1-12-7-13(2)21(19-12)11-15-10-20(5-6-22-15)16-4-3-14(8-17)9-18-16/h3-4,7,9,15H,5-6,10-11H2,1-2H3/t15-/m0/s1. The van der Waals surface area contributed by atoms with E-state index in [4.69, 9.17) is 10.00 Å². The van der Waals surface area contributed by atoms with E-state index in [-0.39, 0.29) is 6.10 Å². The van der Waals surface area contributed by atoms with Crippen LogP contribution in [0.4, 0.5) is 5.82 Å². The van der Waals surface area contributed by atoms with Crippen molar-refractivity contribution in [1.82, 2.24) is 14.8 Å². The molecule has 22 heavy (non-hydrogen) atoms. The number of pyridine rings is 1. The van der Waals surface area contributed by atoms with E-state index in [2.05, 4.69) is 34.0 Å². The van der Waals surface area contributed by atoms with Gasteiger partial charge in [0.05, 0.1) is 30.5 Å². The molecule has 3 rings (SSSR count). The van der Waals surface area contributed by atoms with Gasteiger partial charge in [-0.1, -0.05) is 0 Å². The van der Waals surface area contributed by atoms with Gasteiger partial charge in [0.25, 0.3) is 0 Å². The molecular formula is C16H19N5O. The van der Waals surface area contributed by atoms with Crippen LogP contribution in [0.5, 0.6) is 0 Å². The number of aromatic nitrogens is 3. The Hall–Kier alpha value is -2.39. The van der Waals surface area contributed by atoms with E-state index >= 15 is 0 Å². The Morgan fingerprint density at radius 3 is 2.91 bits per heavy atom. The Kier molecular flexibility index (Phi) is 4.07. The second-order valence-electron chi connectivity index (χ2n) is 5.56. The van der Waals surface area contributed by atoms with Gasteiger partial charge in [0.15, 0.2) is 0 Å². The van der Waals surface area contributed by atoms with E-state index in [9.17, 15) is 0 Å². The summed E-state index contributed by atoms with van der Waals surface area (Å²) < 4.78 is 7.86. The molecule has 0 amide bonds. The van der Waals surface area contributed by atoms with Gasteiger partial charge in [-0.2, -0.15) is 10.4 Å². The highest BCUT2D eigenvalue weighted by atomic mass is 16.5. The van der Waals surface area contributed by atoms with Crippen molar-refractivity contribution in [2.75, 3.05) is 24.6 Å². The molecule has 6 heteroatoms. The average molecular weight is 297 g/mol. The van der Waals surface area contributed by atoms with Gasteiger partial charge in [0.1, 0.15) is 11.9 Å². The molecule has 1 fully saturated rings. The van der Waals surface area contributed by atoms with Crippen LogP contribution in [0.25, 0.3) is 0 Å². The number of ether oxygens (including phenoxy) is 1. The van der Waals surface area contributed by atoms with Gasteiger partial charge in [0.2, 0.25) is 0 Å². The summed E-state index contributed by atoms with van der Waals surface area (Å²) in [6.07, 6.45) is 1.70. The molecule has 1 aliphatic heterocycles. The zero-order chi connectivity index (χ0) is 15.5. The summed E-state index contributed by atoms with van der Waals surface area (Å²) in [5.74, 6) is 0.890. The maximum atomic E-state index is 8.84. The highest BCUT2D eigenvalue weighted by Crippen LogP contribution is 2.17. The molecule has 0 N–H and O–H groups in total. The Morgan fingerprint density at radius 2 is 2.27 bits per heavy atom. The van der Waals surface area contributed by atoms with Crippen molar-refractivity contribution in [3.05, 3.63) is 41.3 Å². The van der Waals surface area contributed by atoms with Crippen molar-refractivity contribution in [3.8, 4) is 6.07 Å². The topological polar surface area (TPSA) is 67.0 Å². The second kappa shape index (κ2) is 6.16. The van der Waals surface area contributed by atoms with Crippen LogP contribution in [-0.4, -0.2) is 40.6 Å². The minimum Gasteiger partial charge on any atom is -0.373 e. The first-order valence-electron chi connectivity index (χ1n) is 7.39. The fourth-order valence-corrected chi connectivity index (χ4v) is 2.73. The fourth-order valence-electron chi connectivity index (χ4n) is 2.73. The average Bonchev–Trinajstić information content (AvgIpc) is 2.85. The van der Waals surface area contributed by atoms with Crippen molar-refractivity contribution in [1.29, 1.82) is 5.26 Å². The van der Waals surface area contributed by atoms with Crippen LogP contribution >= 0.6 is 0 Å². The third-order valence-electron chi connectivity index (χ3n) is 3.82. The van der Waals surface area contributed by atoms with E-state index in [1.165, 1.54) is 0 Å². The highest BCUT2D eigenvalue weighted by molar-refractivity contribution is 5.42. The van der Waals surface area contributed by atoms with E-state index in [1.54, 1.807) is 12.3 Å². The van der Waals surface area contributed by atoms with Gasteiger partial charge >= 0.3 is 0 Å². The highest BCUT2D eigenvalue weighted by Gasteiger charge is 2.22. The maximum Gasteiger partial charge on any atom is 0.128 e. The number of rotatable bonds is 3. The van der Waals surface area contributed by atoms with Gasteiger partial charge in [0, 0.05) is 25.0 Å². The molecule has 0 aliphatic carbocycles. The predicted molar refractivity (Wildman–Crippen MR) is 82.6 cm³/mol. The molecule has 0 saturated carbocycles. The lowest BCUT2D eigenvalue weighted by Gasteiger charge is -2.33. The molecule has 0 aromatic carbocycles. The summed E-state index contributed by atoms with van der Waals surface area (Å²) in [4.78, 5) is 6.56. The number of aryl methyl sites for hydroxylation is 2. The van der Waals surface area contributed by atoms with E-state index < -0.39 is 0 Å². The predicted octanol–water partition coefficient (Wildman–Crippen LogP) is 1.67. The molecule has 2 aromatic rings. The summed E-state index contributed by atoms with van der Waals surface area (Å²) in [6.45, 7) is 7.06. The van der Waals surface area contributed by atoms with Gasteiger partial charge in [-0.3, -0.25) is 4.68 Å². The van der Waals surface area contributed by atoms with Crippen LogP contribution in [0.2, 0.25) is 0 Å². The van der Waals surface area contributed by atoms with Gasteiger partial charge < -0.3 is 9.64 Å². The lowest BCUT2D eigenvalue weighted by atomic mass is 10.2. The molecule has 6 nitrogen and oxygen atoms in total. The zero-order valence-corrected chi connectivity index (χ0v) is 12.9. The van der Waals surface area contributed by atoms with Gasteiger partial charge in [-0.05, 0) is 32.0 Å². The summed E-state index contributed by atoms with van der Waals surface area (Å²) in [7, 11) is 0. The van der Waals surface area contributed by atoms with Crippen molar-refractivity contribution in [2.45, 2.75) is 26.5 Å². The molecule has 0 unspecified atom stereocenters. The minimum absolute atomic E-state index is 0.0872. The molecule has 2 aromatic heterocycles. The molecule has 1 aliphatic rings. The molecule has 0 spiro atoms. The zero-order valence-electron chi connectivity index (χ0n) is 12.9. The first-order valence-corrected chi connectivity index (χ1v) is 7.39. The number of morpholine rings is 1. The van der Waals surface area contributed by atoms with Crippen molar-refractivity contribution < 1.29 is 4.74 Å². The lowest BCUT2D eigenvalue weighted by Crippen LogP contribution is -2.44. The Morgan fingerprint density at radius 1 is 1.41 bits per heavy atom. The Labute approximate surface area is 129 Å². The molecule has 0 bridgehead atoms. The van der Waals surface area contributed by atoms with Crippen LogP contribution in [0.15, 0.2) is 24.4 Å². The van der Waals surface area contributed by atoms with Gasteiger partial charge in [-0.25, -0.2) is 4.98 Å². The van der Waals surface area contributed by atoms with Gasteiger partial charge in [-0.15, -0.1) is 0 Å². The van der Waals surface area contributed by atoms with Crippen LogP contribution in [0, 0.1) is 25.2 Å². The number of hydrogen-bond donors (Lipinski definition) is 0. The molecule has 1 atom stereocenters. The molecule has 114 valence electrons. The molecular weight excluding hydrogens is 278 g/mol. The smallest absolute Gasteiger partial charge is 0.128 e. The normalized spacial score (nSPS) is 18.2. The first kappa shape index (κ1) is 14.5. The number of nitrogens with zero attached hydrogens (tertiary/aromatic N) is 5. The number of hydrogen-bond acceptors (Lipinski definition) is 5. The lowest BCUT2D eigenvalue weighted by molar-refractivity contribution is 0.0267. The Bertz CT molecular complexity index is 686. The second-order valence-corrected chi connectivity index (χ2v) is 5.56. The molecule has 1 saturated heterocycles. The Balaban J connectivity index is 1.68. The third kappa shape index (κ3) is 3.10. The van der Waals surface area contributed by atoms with E-state index in [0.29, 0.717) is 12.2 Å². The summed E-state index contributed by atoms with van der Waals surface area (Å²) in [6, 6.07) is 7.85. The van der Waals surface area contributed by atoms with Crippen LogP contribution in [-0.2, 0) is 11.3 Å². The molecule has 3 heterocycles. The minimum atomic E-state index is 0.0872. The molecule has 0 radical (unpaired) electrons. The summed E-state index contributed by atoms with van der Waals surface area (Å²) in [5, 5.41) is 13.3. The van der Waals surface area contributed by atoms with E-state index in [1.807, 2.05) is 17.7 Å². The first-order chi connectivity index (χ1) is 10.7.